The predicted molar refractivity (Wildman–Crippen MR) is 43.4 cm³/mol. The monoisotopic (exact) mass is 170 g/mol. The Kier molecular flexibility index (Phi) is 2.44. The minimum atomic E-state index is 0.572. The highest BCUT2D eigenvalue weighted by atomic mass is 35.5. The summed E-state index contributed by atoms with van der Waals surface area (Å²) in [5, 5.41) is 11.6. The first kappa shape index (κ1) is 8.01. The number of hydrogen-bond donors (Lipinski definition) is 1. The van der Waals surface area contributed by atoms with E-state index in [4.69, 9.17) is 16.8 Å². The number of pyridine rings is 1. The van der Waals surface area contributed by atoms with Crippen molar-refractivity contribution < 1.29 is 5.21 Å². The summed E-state index contributed by atoms with van der Waals surface area (Å²) < 4.78 is 0. The predicted octanol–water partition coefficient (Wildman–Crippen LogP) is 1.85. The minimum Gasteiger partial charge on any atom is -0.411 e. The quantitative estimate of drug-likeness (QED) is 0.397. The van der Waals surface area contributed by atoms with E-state index in [0.717, 1.165) is 5.69 Å². The van der Waals surface area contributed by atoms with Crippen molar-refractivity contribution in [2.45, 2.75) is 6.92 Å². The van der Waals surface area contributed by atoms with Gasteiger partial charge in [0.25, 0.3) is 0 Å². The van der Waals surface area contributed by atoms with Crippen LogP contribution in [0.3, 0.4) is 0 Å². The number of rotatable bonds is 1. The van der Waals surface area contributed by atoms with E-state index in [2.05, 4.69) is 10.1 Å². The van der Waals surface area contributed by atoms with Crippen LogP contribution in [0, 0.1) is 6.92 Å². The van der Waals surface area contributed by atoms with Crippen LogP contribution >= 0.6 is 11.6 Å². The smallest absolute Gasteiger partial charge is 0.0749 e. The highest BCUT2D eigenvalue weighted by Crippen LogP contribution is 2.12. The molecular weight excluding hydrogens is 164 g/mol. The lowest BCUT2D eigenvalue weighted by Crippen LogP contribution is -1.87. The van der Waals surface area contributed by atoms with Crippen molar-refractivity contribution in [1.82, 2.24) is 4.98 Å². The summed E-state index contributed by atoms with van der Waals surface area (Å²) in [6.45, 7) is 1.81. The number of aryl methyl sites for hydroxylation is 1. The second-order valence-electron chi connectivity index (χ2n) is 2.08. The summed E-state index contributed by atoms with van der Waals surface area (Å²) in [4.78, 5) is 3.96. The fraction of sp³-hybridized carbons (Fsp3) is 0.143. The maximum atomic E-state index is 8.18. The van der Waals surface area contributed by atoms with Gasteiger partial charge in [0.05, 0.1) is 16.9 Å². The molecule has 1 rings (SSSR count). The molecule has 1 N–H and O–H groups in total. The Morgan fingerprint density at radius 1 is 1.73 bits per heavy atom. The third kappa shape index (κ3) is 1.91. The van der Waals surface area contributed by atoms with E-state index in [-0.39, 0.29) is 0 Å². The van der Waals surface area contributed by atoms with E-state index in [0.29, 0.717) is 10.6 Å². The number of hydrogen-bond acceptors (Lipinski definition) is 3. The Morgan fingerprint density at radius 3 is 3.00 bits per heavy atom. The second-order valence-corrected chi connectivity index (χ2v) is 2.49. The third-order valence-corrected chi connectivity index (χ3v) is 1.64. The van der Waals surface area contributed by atoms with Crippen LogP contribution in [0.15, 0.2) is 17.4 Å². The summed E-state index contributed by atoms with van der Waals surface area (Å²) in [5.41, 5.74) is 1.45. The van der Waals surface area contributed by atoms with Gasteiger partial charge >= 0.3 is 0 Å². The lowest BCUT2D eigenvalue weighted by Gasteiger charge is -1.95. The van der Waals surface area contributed by atoms with E-state index in [9.17, 15) is 0 Å². The molecule has 11 heavy (non-hydrogen) atoms. The third-order valence-electron chi connectivity index (χ3n) is 1.25. The van der Waals surface area contributed by atoms with Crippen LogP contribution in [0.1, 0.15) is 11.3 Å². The summed E-state index contributed by atoms with van der Waals surface area (Å²) in [6.07, 6.45) is 2.86. The summed E-state index contributed by atoms with van der Waals surface area (Å²) in [5.74, 6) is 0. The Balaban J connectivity index is 3.05. The van der Waals surface area contributed by atoms with Crippen LogP contribution in [-0.4, -0.2) is 16.4 Å². The van der Waals surface area contributed by atoms with Gasteiger partial charge < -0.3 is 5.21 Å². The topological polar surface area (TPSA) is 45.5 Å². The number of oxime groups is 1. The van der Waals surface area contributed by atoms with E-state index >= 15 is 0 Å². The molecule has 0 saturated carbocycles. The molecule has 0 aliphatic heterocycles. The van der Waals surface area contributed by atoms with Crippen LogP contribution in [0.2, 0.25) is 5.02 Å². The van der Waals surface area contributed by atoms with Gasteiger partial charge in [-0.15, -0.1) is 0 Å². The first-order chi connectivity index (χ1) is 5.24. The summed E-state index contributed by atoms with van der Waals surface area (Å²) in [6, 6.07) is 1.68. The molecule has 1 heterocycles. The van der Waals surface area contributed by atoms with Crippen molar-refractivity contribution in [3.63, 3.8) is 0 Å². The standard InChI is InChI=1S/C7H7ClN2O/c1-5-7(8)2-6(3-9-5)4-10-11/h2-4,11H,1H3/b10-4+. The van der Waals surface area contributed by atoms with Gasteiger partial charge in [0.15, 0.2) is 0 Å². The molecule has 0 atom stereocenters. The van der Waals surface area contributed by atoms with Crippen molar-refractivity contribution in [3.05, 3.63) is 28.5 Å². The van der Waals surface area contributed by atoms with Gasteiger partial charge in [-0.1, -0.05) is 16.8 Å². The van der Waals surface area contributed by atoms with Crippen molar-refractivity contribution in [2.24, 2.45) is 5.16 Å². The van der Waals surface area contributed by atoms with Gasteiger partial charge in [-0.25, -0.2) is 0 Å². The molecule has 0 aliphatic rings. The van der Waals surface area contributed by atoms with Crippen molar-refractivity contribution in [1.29, 1.82) is 0 Å². The first-order valence-corrected chi connectivity index (χ1v) is 3.41. The van der Waals surface area contributed by atoms with Crippen LogP contribution in [0.25, 0.3) is 0 Å². The average Bonchev–Trinajstić information content (AvgIpc) is 1.98. The molecule has 0 spiro atoms. The van der Waals surface area contributed by atoms with Crippen LogP contribution in [0.5, 0.6) is 0 Å². The minimum absolute atomic E-state index is 0.572. The Bertz CT molecular complexity index is 286. The molecule has 0 unspecified atom stereocenters. The zero-order valence-electron chi connectivity index (χ0n) is 5.95. The van der Waals surface area contributed by atoms with Gasteiger partial charge in [-0.05, 0) is 13.0 Å². The highest BCUT2D eigenvalue weighted by molar-refractivity contribution is 6.31. The summed E-state index contributed by atoms with van der Waals surface area (Å²) >= 11 is 5.74. The van der Waals surface area contributed by atoms with Crippen molar-refractivity contribution >= 4 is 17.8 Å². The fourth-order valence-electron chi connectivity index (χ4n) is 0.658. The molecule has 0 radical (unpaired) electrons. The highest BCUT2D eigenvalue weighted by Gasteiger charge is 1.95. The van der Waals surface area contributed by atoms with E-state index in [1.807, 2.05) is 6.92 Å². The normalized spacial score (nSPS) is 10.7. The Morgan fingerprint density at radius 2 is 2.45 bits per heavy atom. The number of nitrogens with zero attached hydrogens (tertiary/aromatic N) is 2. The molecule has 0 saturated heterocycles. The maximum Gasteiger partial charge on any atom is 0.0749 e. The van der Waals surface area contributed by atoms with Crippen LogP contribution < -0.4 is 0 Å². The summed E-state index contributed by atoms with van der Waals surface area (Å²) in [7, 11) is 0. The lowest BCUT2D eigenvalue weighted by molar-refractivity contribution is 0.322. The molecular formula is C7H7ClN2O. The van der Waals surface area contributed by atoms with Crippen molar-refractivity contribution in [2.75, 3.05) is 0 Å². The number of aromatic nitrogens is 1. The molecule has 0 fully saturated rings. The Labute approximate surface area is 69.3 Å². The first-order valence-electron chi connectivity index (χ1n) is 3.03. The molecule has 3 nitrogen and oxygen atoms in total. The zero-order chi connectivity index (χ0) is 8.27. The molecule has 1 aromatic heterocycles. The maximum absolute atomic E-state index is 8.18. The van der Waals surface area contributed by atoms with Gasteiger partial charge in [0, 0.05) is 11.8 Å². The van der Waals surface area contributed by atoms with Gasteiger partial charge in [0.2, 0.25) is 0 Å². The molecule has 0 bridgehead atoms. The number of halogens is 1. The van der Waals surface area contributed by atoms with Gasteiger partial charge in [-0.3, -0.25) is 4.98 Å². The van der Waals surface area contributed by atoms with Crippen LogP contribution in [-0.2, 0) is 0 Å². The van der Waals surface area contributed by atoms with E-state index in [1.165, 1.54) is 6.21 Å². The fourth-order valence-corrected chi connectivity index (χ4v) is 0.833. The van der Waals surface area contributed by atoms with Gasteiger partial charge in [-0.2, -0.15) is 0 Å². The SMILES string of the molecule is Cc1ncc(/C=N/O)cc1Cl. The molecule has 58 valence electrons. The average molecular weight is 171 g/mol. The van der Waals surface area contributed by atoms with Gasteiger partial charge in [0.1, 0.15) is 0 Å². The molecule has 1 aromatic rings. The molecule has 0 aliphatic carbocycles. The van der Waals surface area contributed by atoms with E-state index in [1.54, 1.807) is 12.3 Å². The molecule has 0 aromatic carbocycles. The zero-order valence-corrected chi connectivity index (χ0v) is 6.71. The van der Waals surface area contributed by atoms with Crippen LogP contribution in [0.4, 0.5) is 0 Å². The second kappa shape index (κ2) is 3.34. The molecule has 4 heteroatoms. The van der Waals surface area contributed by atoms with Crippen molar-refractivity contribution in [3.8, 4) is 0 Å². The molecule has 0 amide bonds. The largest absolute Gasteiger partial charge is 0.411 e. The van der Waals surface area contributed by atoms with E-state index < -0.39 is 0 Å². The Hall–Kier alpha value is -1.09. The lowest BCUT2D eigenvalue weighted by atomic mass is 10.3.